The molecule has 2 N–H and O–H groups in total. The van der Waals surface area contributed by atoms with Crippen LogP contribution in [0.2, 0.25) is 0 Å². The number of nitrogens with zero attached hydrogens (tertiary/aromatic N) is 2. The van der Waals surface area contributed by atoms with Crippen LogP contribution in [-0.4, -0.2) is 36.7 Å². The Morgan fingerprint density at radius 2 is 2.03 bits per heavy atom. The quantitative estimate of drug-likeness (QED) is 0.655. The molecule has 2 aromatic carbocycles. The highest BCUT2D eigenvalue weighted by Crippen LogP contribution is 2.27. The summed E-state index contributed by atoms with van der Waals surface area (Å²) in [7, 11) is 0. The lowest BCUT2D eigenvalue weighted by atomic mass is 10.2. The molecule has 0 radical (unpaired) electrons. The zero-order valence-corrected chi connectivity index (χ0v) is 16.6. The molecule has 1 heterocycles. The van der Waals surface area contributed by atoms with Gasteiger partial charge in [0.15, 0.2) is 0 Å². The molecule has 1 aliphatic rings. The van der Waals surface area contributed by atoms with E-state index in [1.54, 1.807) is 0 Å². The van der Waals surface area contributed by atoms with E-state index in [2.05, 4.69) is 22.9 Å². The maximum Gasteiger partial charge on any atom is 0.414 e. The fourth-order valence-electron chi connectivity index (χ4n) is 2.82. The van der Waals surface area contributed by atoms with E-state index in [4.69, 9.17) is 10.00 Å². The Hall–Kier alpha value is -3.65. The molecular formula is C20H15F3N4O3S. The van der Waals surface area contributed by atoms with E-state index in [1.165, 1.54) is 30.3 Å². The van der Waals surface area contributed by atoms with Crippen molar-refractivity contribution in [1.82, 2.24) is 5.32 Å². The largest absolute Gasteiger partial charge is 0.442 e. The molecule has 31 heavy (non-hydrogen) atoms. The number of rotatable bonds is 6. The van der Waals surface area contributed by atoms with Crippen molar-refractivity contribution in [3.63, 3.8) is 0 Å². The standard InChI is InChI=1S/C20H15F3N4O3S/c21-14-7-12(27-10-13(30-20(27)29)9-25-19(31)18(22)23)4-5-15(14)26-16-3-1-2-11(8-24)6-17(16)28/h1-7,13,18H,9-10H2,(H,25,31)(H,26,28)/t13-/m0/s1. The third-order valence-corrected chi connectivity index (χ3v) is 4.65. The monoisotopic (exact) mass is 448 g/mol. The van der Waals surface area contributed by atoms with E-state index in [9.17, 15) is 22.8 Å². The number of ether oxygens (including phenoxy) is 1. The highest BCUT2D eigenvalue weighted by atomic mass is 32.1. The summed E-state index contributed by atoms with van der Waals surface area (Å²) in [5, 5.41) is 13.9. The molecule has 3 rings (SSSR count). The van der Waals surface area contributed by atoms with Gasteiger partial charge in [-0.1, -0.05) is 18.3 Å². The van der Waals surface area contributed by atoms with Gasteiger partial charge in [0, 0.05) is 6.07 Å². The summed E-state index contributed by atoms with van der Waals surface area (Å²) in [5.41, 5.74) is -0.0850. The molecule has 1 saturated heterocycles. The molecule has 1 amide bonds. The van der Waals surface area contributed by atoms with Crippen molar-refractivity contribution in [2.75, 3.05) is 23.3 Å². The number of thiocarbonyl (C=S) groups is 1. The first kappa shape index (κ1) is 22.0. The van der Waals surface area contributed by atoms with Gasteiger partial charge in [-0.25, -0.2) is 18.0 Å². The third-order valence-electron chi connectivity index (χ3n) is 4.33. The molecule has 11 heteroatoms. The molecule has 0 aliphatic carbocycles. The van der Waals surface area contributed by atoms with Crippen molar-refractivity contribution < 1.29 is 22.7 Å². The smallest absolute Gasteiger partial charge is 0.414 e. The van der Waals surface area contributed by atoms with Gasteiger partial charge in [-0.05, 0) is 30.3 Å². The van der Waals surface area contributed by atoms with Crippen molar-refractivity contribution in [2.24, 2.45) is 0 Å². The Kier molecular flexibility index (Phi) is 6.71. The molecule has 160 valence electrons. The number of nitriles is 1. The second kappa shape index (κ2) is 9.44. The molecule has 0 aromatic heterocycles. The molecular weight excluding hydrogens is 433 g/mol. The normalized spacial score (nSPS) is 15.4. The van der Waals surface area contributed by atoms with Crippen LogP contribution in [0.5, 0.6) is 0 Å². The fourth-order valence-corrected chi connectivity index (χ4v) is 2.90. The van der Waals surface area contributed by atoms with E-state index in [1.807, 2.05) is 6.07 Å². The first-order valence-electron chi connectivity index (χ1n) is 8.93. The number of benzene rings is 1. The van der Waals surface area contributed by atoms with Gasteiger partial charge in [-0.15, -0.1) is 0 Å². The van der Waals surface area contributed by atoms with Crippen LogP contribution in [-0.2, 0) is 4.74 Å². The van der Waals surface area contributed by atoms with Gasteiger partial charge in [0.25, 0.3) is 6.43 Å². The number of alkyl halides is 2. The highest BCUT2D eigenvalue weighted by molar-refractivity contribution is 7.80. The van der Waals surface area contributed by atoms with Crippen molar-refractivity contribution in [1.29, 1.82) is 5.26 Å². The van der Waals surface area contributed by atoms with Crippen molar-refractivity contribution in [3.05, 3.63) is 64.1 Å². The number of halogens is 3. The van der Waals surface area contributed by atoms with Crippen LogP contribution in [0.4, 0.5) is 35.0 Å². The van der Waals surface area contributed by atoms with Gasteiger partial charge in [-0.3, -0.25) is 9.69 Å². The summed E-state index contributed by atoms with van der Waals surface area (Å²) < 4.78 is 44.6. The summed E-state index contributed by atoms with van der Waals surface area (Å²) in [4.78, 5) is 24.7. The second-order valence-corrected chi connectivity index (χ2v) is 6.91. The Balaban J connectivity index is 1.72. The predicted molar refractivity (Wildman–Crippen MR) is 111 cm³/mol. The van der Waals surface area contributed by atoms with Gasteiger partial charge < -0.3 is 15.4 Å². The van der Waals surface area contributed by atoms with Crippen LogP contribution in [0.3, 0.4) is 0 Å². The van der Waals surface area contributed by atoms with E-state index >= 15 is 0 Å². The number of cyclic esters (lactones) is 1. The lowest BCUT2D eigenvalue weighted by molar-refractivity contribution is 0.142. The Morgan fingerprint density at radius 1 is 1.26 bits per heavy atom. The van der Waals surface area contributed by atoms with Gasteiger partial charge >= 0.3 is 6.09 Å². The number of nitrogens with one attached hydrogen (secondary N) is 2. The molecule has 1 atom stereocenters. The first-order chi connectivity index (χ1) is 14.8. The highest BCUT2D eigenvalue weighted by Gasteiger charge is 2.33. The maximum absolute atomic E-state index is 14.6. The SMILES string of the molecule is N#Cc1cccc(Nc2ccc(N3C[C@H](CNC(=S)C(F)F)OC3=O)cc2F)c(=O)c1. The minimum Gasteiger partial charge on any atom is -0.442 e. The summed E-state index contributed by atoms with van der Waals surface area (Å²) in [6.07, 6.45) is -4.31. The van der Waals surface area contributed by atoms with Crippen molar-refractivity contribution in [2.45, 2.75) is 12.5 Å². The molecule has 0 spiro atoms. The number of amides is 1. The average molecular weight is 448 g/mol. The molecule has 7 nitrogen and oxygen atoms in total. The topological polar surface area (TPSA) is 94.5 Å². The zero-order chi connectivity index (χ0) is 22.5. The lowest BCUT2D eigenvalue weighted by Gasteiger charge is -2.15. The van der Waals surface area contributed by atoms with Crippen LogP contribution < -0.4 is 21.0 Å². The molecule has 0 unspecified atom stereocenters. The van der Waals surface area contributed by atoms with Gasteiger partial charge in [-0.2, -0.15) is 5.26 Å². The van der Waals surface area contributed by atoms with Gasteiger partial charge in [0.05, 0.1) is 41.8 Å². The van der Waals surface area contributed by atoms with Gasteiger partial charge in [0.1, 0.15) is 16.9 Å². The predicted octanol–water partition coefficient (Wildman–Crippen LogP) is 3.31. The molecule has 1 aliphatic heterocycles. The summed E-state index contributed by atoms with van der Waals surface area (Å²) in [5.74, 6) is -0.739. The zero-order valence-electron chi connectivity index (χ0n) is 15.8. The van der Waals surface area contributed by atoms with Crippen LogP contribution >= 0.6 is 12.2 Å². The Morgan fingerprint density at radius 3 is 2.71 bits per heavy atom. The van der Waals surface area contributed by atoms with Crippen molar-refractivity contribution in [3.8, 4) is 6.07 Å². The second-order valence-electron chi connectivity index (χ2n) is 6.47. The lowest BCUT2D eigenvalue weighted by Crippen LogP contribution is -2.36. The van der Waals surface area contributed by atoms with Crippen LogP contribution in [0.25, 0.3) is 0 Å². The maximum atomic E-state index is 14.6. The number of hydrogen-bond acceptors (Lipinski definition) is 6. The number of carbonyl (C=O) groups is 1. The number of anilines is 3. The van der Waals surface area contributed by atoms with Crippen LogP contribution in [0.15, 0.2) is 47.3 Å². The molecule has 1 fully saturated rings. The summed E-state index contributed by atoms with van der Waals surface area (Å²) in [6, 6.07) is 11.2. The van der Waals surface area contributed by atoms with E-state index in [-0.39, 0.29) is 35.7 Å². The Bertz CT molecular complexity index is 1120. The van der Waals surface area contributed by atoms with E-state index in [0.717, 1.165) is 17.0 Å². The molecule has 0 bridgehead atoms. The first-order valence-corrected chi connectivity index (χ1v) is 9.34. The minimum atomic E-state index is -2.81. The van der Waals surface area contributed by atoms with Crippen LogP contribution in [0.1, 0.15) is 5.56 Å². The summed E-state index contributed by atoms with van der Waals surface area (Å²) >= 11 is 4.47. The van der Waals surface area contributed by atoms with Crippen molar-refractivity contribution >= 4 is 40.4 Å². The van der Waals surface area contributed by atoms with E-state index < -0.39 is 34.9 Å². The molecule has 2 aromatic rings. The Labute approximate surface area is 180 Å². The number of carbonyl (C=O) groups excluding carboxylic acids is 1. The minimum absolute atomic E-state index is 0.0140. The molecule has 0 saturated carbocycles. The van der Waals surface area contributed by atoms with Gasteiger partial charge in [0.2, 0.25) is 5.43 Å². The van der Waals surface area contributed by atoms with Crippen LogP contribution in [0, 0.1) is 17.1 Å². The average Bonchev–Trinajstić information content (AvgIpc) is 3.01. The third kappa shape index (κ3) is 5.29. The van der Waals surface area contributed by atoms with E-state index in [0.29, 0.717) is 0 Å². The fraction of sp³-hybridized carbons (Fsp3) is 0.200. The summed E-state index contributed by atoms with van der Waals surface area (Å²) in [6.45, 7) is -0.0877. The number of hydrogen-bond donors (Lipinski definition) is 2.